The predicted octanol–water partition coefficient (Wildman–Crippen LogP) is 2.65. The summed E-state index contributed by atoms with van der Waals surface area (Å²) in [6.07, 6.45) is 0. The Balaban J connectivity index is 2.31. The van der Waals surface area contributed by atoms with E-state index in [4.69, 9.17) is 0 Å². The highest BCUT2D eigenvalue weighted by Crippen LogP contribution is 2.27. The van der Waals surface area contributed by atoms with Gasteiger partial charge in [0.05, 0.1) is 15.6 Å². The fraction of sp³-hybridized carbons (Fsp3) is 0.364. The molecule has 0 spiro atoms. The average Bonchev–Trinajstić information content (AvgIpc) is 2.59. The van der Waals surface area contributed by atoms with Gasteiger partial charge in [0.2, 0.25) is 0 Å². The molecule has 0 radical (unpaired) electrons. The molecule has 2 rings (SSSR count). The Labute approximate surface area is 98.8 Å². The third-order valence-electron chi connectivity index (χ3n) is 2.16. The molecule has 0 saturated carbocycles. The SMILES string of the molecule is CCNc1ccc(-c2sc(C)nc2C)nn1. The molecule has 2 aromatic heterocycles. The lowest BCUT2D eigenvalue weighted by molar-refractivity contribution is 1.02. The molecule has 0 atom stereocenters. The summed E-state index contributed by atoms with van der Waals surface area (Å²) in [5, 5.41) is 12.5. The summed E-state index contributed by atoms with van der Waals surface area (Å²) < 4.78 is 0. The van der Waals surface area contributed by atoms with E-state index in [1.165, 1.54) is 0 Å². The first-order valence-electron chi connectivity index (χ1n) is 5.22. The molecule has 4 nitrogen and oxygen atoms in total. The summed E-state index contributed by atoms with van der Waals surface area (Å²) in [6, 6.07) is 3.92. The number of nitrogens with zero attached hydrogens (tertiary/aromatic N) is 3. The van der Waals surface area contributed by atoms with E-state index in [2.05, 4.69) is 20.5 Å². The highest BCUT2D eigenvalue weighted by Gasteiger charge is 2.09. The van der Waals surface area contributed by atoms with Crippen LogP contribution in [0.3, 0.4) is 0 Å². The molecule has 5 heteroatoms. The van der Waals surface area contributed by atoms with Crippen LogP contribution in [0.1, 0.15) is 17.6 Å². The molecular formula is C11H14N4S. The zero-order chi connectivity index (χ0) is 11.5. The number of anilines is 1. The second-order valence-electron chi connectivity index (χ2n) is 3.48. The fourth-order valence-corrected chi connectivity index (χ4v) is 2.38. The molecule has 84 valence electrons. The summed E-state index contributed by atoms with van der Waals surface area (Å²) in [4.78, 5) is 5.49. The van der Waals surface area contributed by atoms with Gasteiger partial charge in [-0.25, -0.2) is 4.98 Å². The van der Waals surface area contributed by atoms with Gasteiger partial charge in [-0.3, -0.25) is 0 Å². The number of rotatable bonds is 3. The monoisotopic (exact) mass is 234 g/mol. The van der Waals surface area contributed by atoms with E-state index in [-0.39, 0.29) is 0 Å². The lowest BCUT2D eigenvalue weighted by Crippen LogP contribution is -2.00. The van der Waals surface area contributed by atoms with Gasteiger partial charge in [-0.15, -0.1) is 21.5 Å². The minimum atomic E-state index is 0.810. The average molecular weight is 234 g/mol. The van der Waals surface area contributed by atoms with Crippen LogP contribution in [0.15, 0.2) is 12.1 Å². The number of aryl methyl sites for hydroxylation is 2. The van der Waals surface area contributed by atoms with E-state index in [9.17, 15) is 0 Å². The van der Waals surface area contributed by atoms with E-state index >= 15 is 0 Å². The molecule has 0 unspecified atom stereocenters. The molecule has 16 heavy (non-hydrogen) atoms. The number of thiazole rings is 1. The van der Waals surface area contributed by atoms with Crippen LogP contribution in [0.2, 0.25) is 0 Å². The molecule has 0 saturated heterocycles. The Hall–Kier alpha value is -1.49. The van der Waals surface area contributed by atoms with Crippen molar-refractivity contribution >= 4 is 17.2 Å². The van der Waals surface area contributed by atoms with E-state index < -0.39 is 0 Å². The Bertz CT molecular complexity index is 475. The molecule has 0 aliphatic heterocycles. The maximum Gasteiger partial charge on any atom is 0.148 e. The Morgan fingerprint density at radius 3 is 2.56 bits per heavy atom. The number of hydrogen-bond donors (Lipinski definition) is 1. The first kappa shape index (κ1) is 11.0. The minimum Gasteiger partial charge on any atom is -0.369 e. The number of nitrogens with one attached hydrogen (secondary N) is 1. The molecular weight excluding hydrogens is 220 g/mol. The molecule has 0 aliphatic carbocycles. The largest absolute Gasteiger partial charge is 0.369 e. The molecule has 0 aliphatic rings. The van der Waals surface area contributed by atoms with Gasteiger partial charge < -0.3 is 5.32 Å². The van der Waals surface area contributed by atoms with Crippen LogP contribution < -0.4 is 5.32 Å². The van der Waals surface area contributed by atoms with Crippen LogP contribution in [0.5, 0.6) is 0 Å². The third-order valence-corrected chi connectivity index (χ3v) is 3.25. The maximum atomic E-state index is 4.38. The summed E-state index contributed by atoms with van der Waals surface area (Å²) in [7, 11) is 0. The standard InChI is InChI=1S/C11H14N4S/c1-4-12-10-6-5-9(14-15-10)11-7(2)13-8(3)16-11/h5-6H,4H2,1-3H3,(H,12,15). The van der Waals surface area contributed by atoms with Crippen LogP contribution in [0.4, 0.5) is 5.82 Å². The summed E-state index contributed by atoms with van der Waals surface area (Å²) in [6.45, 7) is 6.89. The normalized spacial score (nSPS) is 10.4. The molecule has 2 heterocycles. The first-order valence-corrected chi connectivity index (χ1v) is 6.04. The maximum absolute atomic E-state index is 4.38. The minimum absolute atomic E-state index is 0.810. The van der Waals surface area contributed by atoms with Crippen molar-refractivity contribution in [1.29, 1.82) is 0 Å². The van der Waals surface area contributed by atoms with Crippen molar-refractivity contribution in [3.63, 3.8) is 0 Å². The quantitative estimate of drug-likeness (QED) is 0.887. The summed E-state index contributed by atoms with van der Waals surface area (Å²) >= 11 is 1.65. The van der Waals surface area contributed by atoms with Crippen molar-refractivity contribution in [3.8, 4) is 10.6 Å². The lowest BCUT2D eigenvalue weighted by atomic mass is 10.3. The molecule has 0 aromatic carbocycles. The van der Waals surface area contributed by atoms with Crippen molar-refractivity contribution in [1.82, 2.24) is 15.2 Å². The second kappa shape index (κ2) is 4.57. The van der Waals surface area contributed by atoms with Crippen LogP contribution in [0, 0.1) is 13.8 Å². The van der Waals surface area contributed by atoms with E-state index in [0.29, 0.717) is 0 Å². The van der Waals surface area contributed by atoms with E-state index in [1.54, 1.807) is 11.3 Å². The Morgan fingerprint density at radius 1 is 1.25 bits per heavy atom. The topological polar surface area (TPSA) is 50.7 Å². The first-order chi connectivity index (χ1) is 7.70. The summed E-state index contributed by atoms with van der Waals surface area (Å²) in [5.74, 6) is 0.810. The molecule has 0 bridgehead atoms. The molecule has 2 aromatic rings. The second-order valence-corrected chi connectivity index (χ2v) is 4.68. The Kier molecular flexibility index (Phi) is 3.14. The third kappa shape index (κ3) is 2.19. The summed E-state index contributed by atoms with van der Waals surface area (Å²) in [5.41, 5.74) is 1.91. The fourth-order valence-electron chi connectivity index (χ4n) is 1.50. The van der Waals surface area contributed by atoms with Gasteiger partial charge in [-0.2, -0.15) is 0 Å². The smallest absolute Gasteiger partial charge is 0.148 e. The van der Waals surface area contributed by atoms with Gasteiger partial charge >= 0.3 is 0 Å². The van der Waals surface area contributed by atoms with Gasteiger partial charge in [0.15, 0.2) is 0 Å². The van der Waals surface area contributed by atoms with Crippen molar-refractivity contribution in [2.24, 2.45) is 0 Å². The molecule has 1 N–H and O–H groups in total. The number of hydrogen-bond acceptors (Lipinski definition) is 5. The Morgan fingerprint density at radius 2 is 2.06 bits per heavy atom. The van der Waals surface area contributed by atoms with Gasteiger partial charge in [0.25, 0.3) is 0 Å². The van der Waals surface area contributed by atoms with Gasteiger partial charge in [0, 0.05) is 6.54 Å². The van der Waals surface area contributed by atoms with E-state index in [0.717, 1.165) is 33.6 Å². The highest BCUT2D eigenvalue weighted by molar-refractivity contribution is 7.15. The highest BCUT2D eigenvalue weighted by atomic mass is 32.1. The molecule has 0 amide bonds. The number of aromatic nitrogens is 3. The van der Waals surface area contributed by atoms with Gasteiger partial charge in [-0.1, -0.05) is 0 Å². The van der Waals surface area contributed by atoms with Crippen LogP contribution in [-0.2, 0) is 0 Å². The van der Waals surface area contributed by atoms with Gasteiger partial charge in [-0.05, 0) is 32.9 Å². The predicted molar refractivity (Wildman–Crippen MR) is 66.8 cm³/mol. The van der Waals surface area contributed by atoms with Crippen molar-refractivity contribution in [3.05, 3.63) is 22.8 Å². The molecule has 0 fully saturated rings. The zero-order valence-corrected chi connectivity index (χ0v) is 10.4. The van der Waals surface area contributed by atoms with Gasteiger partial charge in [0.1, 0.15) is 11.5 Å². The van der Waals surface area contributed by atoms with E-state index in [1.807, 2.05) is 32.9 Å². The lowest BCUT2D eigenvalue weighted by Gasteiger charge is -2.01. The van der Waals surface area contributed by atoms with Crippen molar-refractivity contribution < 1.29 is 0 Å². The van der Waals surface area contributed by atoms with Crippen molar-refractivity contribution in [2.45, 2.75) is 20.8 Å². The zero-order valence-electron chi connectivity index (χ0n) is 9.61. The van der Waals surface area contributed by atoms with Crippen LogP contribution in [-0.4, -0.2) is 21.7 Å². The van der Waals surface area contributed by atoms with Crippen molar-refractivity contribution in [2.75, 3.05) is 11.9 Å². The van der Waals surface area contributed by atoms with Crippen LogP contribution in [0.25, 0.3) is 10.6 Å². The van der Waals surface area contributed by atoms with Crippen LogP contribution >= 0.6 is 11.3 Å².